The molecule has 1 amide bonds. The lowest BCUT2D eigenvalue weighted by molar-refractivity contribution is -0.140. The first kappa shape index (κ1) is 21.8. The van der Waals surface area contributed by atoms with E-state index >= 15 is 0 Å². The number of unbranched alkanes of at least 4 members (excludes halogenated alkanes) is 3. The van der Waals surface area contributed by atoms with Crippen LogP contribution in [-0.2, 0) is 20.8 Å². The average molecular weight is 364 g/mol. The fraction of sp³-hybridized carbons (Fsp3) is 0.600. The van der Waals surface area contributed by atoms with E-state index in [9.17, 15) is 9.59 Å². The minimum atomic E-state index is -0.531. The summed E-state index contributed by atoms with van der Waals surface area (Å²) in [5.74, 6) is -0.177. The molecule has 0 aliphatic heterocycles. The van der Waals surface area contributed by atoms with E-state index in [0.717, 1.165) is 31.2 Å². The van der Waals surface area contributed by atoms with E-state index in [4.69, 9.17) is 10.5 Å². The summed E-state index contributed by atoms with van der Waals surface area (Å²) in [5, 5.41) is 0. The Bertz CT molecular complexity index is 564. The first-order chi connectivity index (χ1) is 12.2. The third-order valence-electron chi connectivity index (χ3n) is 3.79. The van der Waals surface area contributed by atoms with Crippen molar-refractivity contribution in [3.05, 3.63) is 29.8 Å². The second kappa shape index (κ2) is 10.7. The minimum Gasteiger partial charge on any atom is -0.469 e. The molecule has 0 fully saturated rings. The maximum absolute atomic E-state index is 12.5. The van der Waals surface area contributed by atoms with Gasteiger partial charge >= 0.3 is 12.1 Å². The SMILES string of the molecule is COC(=O)CCCCCCN(Cc1ccc(N)cc1)C(=O)OC(C)(C)C. The predicted molar refractivity (Wildman–Crippen MR) is 103 cm³/mol. The Labute approximate surface area is 156 Å². The van der Waals surface area contributed by atoms with Gasteiger partial charge in [-0.1, -0.05) is 25.0 Å². The van der Waals surface area contributed by atoms with Gasteiger partial charge in [0.2, 0.25) is 0 Å². The van der Waals surface area contributed by atoms with Crippen molar-refractivity contribution >= 4 is 17.7 Å². The van der Waals surface area contributed by atoms with E-state index in [0.29, 0.717) is 25.2 Å². The molecule has 1 aromatic carbocycles. The maximum atomic E-state index is 12.5. The molecule has 0 heterocycles. The van der Waals surface area contributed by atoms with Crippen LogP contribution in [0.5, 0.6) is 0 Å². The zero-order chi connectivity index (χ0) is 19.6. The fourth-order valence-corrected chi connectivity index (χ4v) is 2.43. The quantitative estimate of drug-likeness (QED) is 0.405. The van der Waals surface area contributed by atoms with Crippen LogP contribution in [0.15, 0.2) is 24.3 Å². The third kappa shape index (κ3) is 9.30. The summed E-state index contributed by atoms with van der Waals surface area (Å²) in [4.78, 5) is 25.3. The lowest BCUT2D eigenvalue weighted by Crippen LogP contribution is -2.37. The molecule has 0 aromatic heterocycles. The van der Waals surface area contributed by atoms with Gasteiger partial charge in [0.15, 0.2) is 0 Å². The van der Waals surface area contributed by atoms with E-state index < -0.39 is 5.60 Å². The van der Waals surface area contributed by atoms with Crippen LogP contribution in [0.1, 0.15) is 58.4 Å². The second-order valence-corrected chi connectivity index (χ2v) is 7.38. The van der Waals surface area contributed by atoms with Crippen molar-refractivity contribution < 1.29 is 19.1 Å². The summed E-state index contributed by atoms with van der Waals surface area (Å²) in [6.45, 7) is 6.67. The van der Waals surface area contributed by atoms with Crippen LogP contribution in [-0.4, -0.2) is 36.2 Å². The van der Waals surface area contributed by atoms with E-state index in [1.54, 1.807) is 4.90 Å². The minimum absolute atomic E-state index is 0.177. The molecule has 0 unspecified atom stereocenters. The van der Waals surface area contributed by atoms with Crippen molar-refractivity contribution in [2.24, 2.45) is 0 Å². The van der Waals surface area contributed by atoms with Gasteiger partial charge in [-0.2, -0.15) is 0 Å². The average Bonchev–Trinajstić information content (AvgIpc) is 2.56. The van der Waals surface area contributed by atoms with Crippen LogP contribution >= 0.6 is 0 Å². The highest BCUT2D eigenvalue weighted by Gasteiger charge is 2.22. The first-order valence-electron chi connectivity index (χ1n) is 9.10. The van der Waals surface area contributed by atoms with Crippen LogP contribution in [0.3, 0.4) is 0 Å². The lowest BCUT2D eigenvalue weighted by Gasteiger charge is -2.27. The van der Waals surface area contributed by atoms with Crippen LogP contribution < -0.4 is 5.73 Å². The van der Waals surface area contributed by atoms with Gasteiger partial charge in [0, 0.05) is 25.2 Å². The van der Waals surface area contributed by atoms with E-state index in [-0.39, 0.29) is 12.1 Å². The summed E-state index contributed by atoms with van der Waals surface area (Å²) in [6, 6.07) is 7.50. The monoisotopic (exact) mass is 364 g/mol. The van der Waals surface area contributed by atoms with Gasteiger partial charge in [-0.15, -0.1) is 0 Å². The molecule has 0 spiro atoms. The number of nitrogen functional groups attached to an aromatic ring is 1. The Morgan fingerprint density at radius 3 is 2.23 bits per heavy atom. The van der Waals surface area contributed by atoms with Gasteiger partial charge in [-0.05, 0) is 51.3 Å². The third-order valence-corrected chi connectivity index (χ3v) is 3.79. The molecule has 146 valence electrons. The van der Waals surface area contributed by atoms with Gasteiger partial charge in [-0.25, -0.2) is 4.79 Å². The van der Waals surface area contributed by atoms with Crippen molar-refractivity contribution in [1.29, 1.82) is 0 Å². The molecule has 1 aromatic rings. The van der Waals surface area contributed by atoms with Gasteiger partial charge in [0.25, 0.3) is 0 Å². The molecule has 1 rings (SSSR count). The van der Waals surface area contributed by atoms with E-state index in [1.165, 1.54) is 7.11 Å². The molecule has 0 aliphatic carbocycles. The maximum Gasteiger partial charge on any atom is 0.410 e. The zero-order valence-electron chi connectivity index (χ0n) is 16.4. The number of benzene rings is 1. The van der Waals surface area contributed by atoms with Gasteiger partial charge in [0.1, 0.15) is 5.60 Å². The zero-order valence-corrected chi connectivity index (χ0v) is 16.4. The number of nitrogens with two attached hydrogens (primary N) is 1. The van der Waals surface area contributed by atoms with Crippen LogP contribution in [0.4, 0.5) is 10.5 Å². The number of rotatable bonds is 9. The lowest BCUT2D eigenvalue weighted by atomic mass is 10.1. The molecule has 2 N–H and O–H groups in total. The number of esters is 1. The second-order valence-electron chi connectivity index (χ2n) is 7.38. The number of hydrogen-bond donors (Lipinski definition) is 1. The molecule has 0 radical (unpaired) electrons. The van der Waals surface area contributed by atoms with Crippen molar-refractivity contribution in [3.8, 4) is 0 Å². The molecule has 0 saturated heterocycles. The Kier molecular flexibility index (Phi) is 8.96. The first-order valence-corrected chi connectivity index (χ1v) is 9.10. The summed E-state index contributed by atoms with van der Waals surface area (Å²) < 4.78 is 10.2. The van der Waals surface area contributed by atoms with Gasteiger partial charge < -0.3 is 20.1 Å². The molecule has 6 nitrogen and oxygen atoms in total. The molecule has 0 bridgehead atoms. The molecular weight excluding hydrogens is 332 g/mol. The number of carbonyl (C=O) groups excluding carboxylic acids is 2. The highest BCUT2D eigenvalue weighted by atomic mass is 16.6. The summed E-state index contributed by atoms with van der Waals surface area (Å²) in [5.41, 5.74) is 6.90. The van der Waals surface area contributed by atoms with Crippen LogP contribution in [0, 0.1) is 0 Å². The highest BCUT2D eigenvalue weighted by Crippen LogP contribution is 2.15. The normalized spacial score (nSPS) is 11.1. The molecule has 0 atom stereocenters. The number of amides is 1. The van der Waals surface area contributed by atoms with E-state index in [2.05, 4.69) is 4.74 Å². The Hall–Kier alpha value is -2.24. The Balaban J connectivity index is 2.53. The van der Waals surface area contributed by atoms with Crippen LogP contribution in [0.2, 0.25) is 0 Å². The molecule has 0 aliphatic rings. The largest absolute Gasteiger partial charge is 0.469 e. The Morgan fingerprint density at radius 1 is 1.04 bits per heavy atom. The van der Waals surface area contributed by atoms with Crippen molar-refractivity contribution in [3.63, 3.8) is 0 Å². The summed E-state index contributed by atoms with van der Waals surface area (Å²) >= 11 is 0. The molecule has 6 heteroatoms. The predicted octanol–water partition coefficient (Wildman–Crippen LogP) is 4.13. The van der Waals surface area contributed by atoms with Gasteiger partial charge in [0.05, 0.1) is 7.11 Å². The number of hydrogen-bond acceptors (Lipinski definition) is 5. The standard InChI is InChI=1S/C20H32N2O4/c1-20(2,3)26-19(24)22(15-16-10-12-17(21)13-11-16)14-8-6-5-7-9-18(23)25-4/h10-13H,5-9,14-15,21H2,1-4H3. The summed E-state index contributed by atoms with van der Waals surface area (Å²) in [6.07, 6.45) is 3.66. The van der Waals surface area contributed by atoms with Crippen molar-refractivity contribution in [2.75, 3.05) is 19.4 Å². The van der Waals surface area contributed by atoms with E-state index in [1.807, 2.05) is 45.0 Å². The summed E-state index contributed by atoms with van der Waals surface area (Å²) in [7, 11) is 1.40. The topological polar surface area (TPSA) is 81.9 Å². The number of carbonyl (C=O) groups is 2. The number of nitrogens with zero attached hydrogens (tertiary/aromatic N) is 1. The smallest absolute Gasteiger partial charge is 0.410 e. The van der Waals surface area contributed by atoms with Crippen molar-refractivity contribution in [1.82, 2.24) is 4.90 Å². The van der Waals surface area contributed by atoms with Crippen molar-refractivity contribution in [2.45, 2.75) is 65.0 Å². The number of methoxy groups -OCH3 is 1. The van der Waals surface area contributed by atoms with Crippen LogP contribution in [0.25, 0.3) is 0 Å². The fourth-order valence-electron chi connectivity index (χ4n) is 2.43. The molecule has 26 heavy (non-hydrogen) atoms. The molecular formula is C20H32N2O4. The number of anilines is 1. The van der Waals surface area contributed by atoms with Gasteiger partial charge in [-0.3, -0.25) is 4.79 Å². The number of ether oxygens (including phenoxy) is 2. The highest BCUT2D eigenvalue weighted by molar-refractivity contribution is 5.69. The molecule has 0 saturated carbocycles. The Morgan fingerprint density at radius 2 is 1.65 bits per heavy atom.